The minimum Gasteiger partial charge on any atom is -0.303 e. The van der Waals surface area contributed by atoms with Crippen molar-refractivity contribution in [2.75, 3.05) is 26.2 Å². The van der Waals surface area contributed by atoms with E-state index < -0.39 is 10.0 Å². The van der Waals surface area contributed by atoms with Gasteiger partial charge >= 0.3 is 0 Å². The standard InChI is InChI=1S/C21H27ClN2O2S/c22-20-8-10-21(11-9-20)27(25,26)23-14-12-18-4-6-19(7-5-18)13-17-24-15-2-1-3-16-24/h4-11,23H,1-3,12-17H2. The quantitative estimate of drug-likeness (QED) is 0.723. The Morgan fingerprint density at radius 2 is 1.44 bits per heavy atom. The number of halogens is 1. The maximum Gasteiger partial charge on any atom is 0.240 e. The lowest BCUT2D eigenvalue weighted by Crippen LogP contribution is -2.31. The molecule has 2 aromatic carbocycles. The second-order valence-electron chi connectivity index (χ2n) is 7.07. The first-order valence-electron chi connectivity index (χ1n) is 9.58. The third-order valence-electron chi connectivity index (χ3n) is 5.02. The predicted molar refractivity (Wildman–Crippen MR) is 111 cm³/mol. The van der Waals surface area contributed by atoms with Gasteiger partial charge in [-0.2, -0.15) is 0 Å². The molecular weight excluding hydrogens is 380 g/mol. The van der Waals surface area contributed by atoms with Gasteiger partial charge in [0.2, 0.25) is 10.0 Å². The summed E-state index contributed by atoms with van der Waals surface area (Å²) in [5.74, 6) is 0. The molecule has 4 nitrogen and oxygen atoms in total. The minimum atomic E-state index is -3.49. The first-order valence-corrected chi connectivity index (χ1v) is 11.4. The van der Waals surface area contributed by atoms with Crippen LogP contribution in [0.1, 0.15) is 30.4 Å². The third-order valence-corrected chi connectivity index (χ3v) is 6.75. The minimum absolute atomic E-state index is 0.236. The van der Waals surface area contributed by atoms with E-state index >= 15 is 0 Å². The Kier molecular flexibility index (Phi) is 7.30. The normalized spacial score (nSPS) is 15.7. The molecule has 0 atom stereocenters. The van der Waals surface area contributed by atoms with Crippen LogP contribution in [0.5, 0.6) is 0 Å². The van der Waals surface area contributed by atoms with Gasteiger partial charge in [-0.25, -0.2) is 13.1 Å². The fraction of sp³-hybridized carbons (Fsp3) is 0.429. The van der Waals surface area contributed by atoms with E-state index in [9.17, 15) is 8.42 Å². The molecule has 27 heavy (non-hydrogen) atoms. The Morgan fingerprint density at radius 1 is 0.852 bits per heavy atom. The summed E-state index contributed by atoms with van der Waals surface area (Å²) in [6.45, 7) is 3.95. The zero-order valence-corrected chi connectivity index (χ0v) is 17.1. The van der Waals surface area contributed by atoms with E-state index in [0.29, 0.717) is 18.0 Å². The van der Waals surface area contributed by atoms with Crippen LogP contribution in [-0.2, 0) is 22.9 Å². The molecule has 1 aliphatic heterocycles. The predicted octanol–water partition coefficient (Wildman–Crippen LogP) is 3.89. The van der Waals surface area contributed by atoms with Gasteiger partial charge in [0.05, 0.1) is 4.90 Å². The molecule has 2 aromatic rings. The summed E-state index contributed by atoms with van der Waals surface area (Å²) < 4.78 is 27.2. The zero-order chi connectivity index (χ0) is 19.1. The summed E-state index contributed by atoms with van der Waals surface area (Å²) in [7, 11) is -3.49. The van der Waals surface area contributed by atoms with Gasteiger partial charge in [0.25, 0.3) is 0 Å². The van der Waals surface area contributed by atoms with Crippen molar-refractivity contribution in [2.45, 2.75) is 37.0 Å². The number of benzene rings is 2. The number of nitrogens with zero attached hydrogens (tertiary/aromatic N) is 1. The molecule has 1 saturated heterocycles. The van der Waals surface area contributed by atoms with E-state index in [4.69, 9.17) is 11.6 Å². The van der Waals surface area contributed by atoms with Crippen LogP contribution < -0.4 is 4.72 Å². The Morgan fingerprint density at radius 3 is 2.07 bits per heavy atom. The van der Waals surface area contributed by atoms with E-state index in [1.165, 1.54) is 50.0 Å². The van der Waals surface area contributed by atoms with E-state index in [1.54, 1.807) is 12.1 Å². The molecule has 1 N–H and O–H groups in total. The Labute approximate surface area is 167 Å². The molecule has 0 saturated carbocycles. The lowest BCUT2D eigenvalue weighted by molar-refractivity contribution is 0.231. The lowest BCUT2D eigenvalue weighted by atomic mass is 10.1. The molecule has 1 heterocycles. The van der Waals surface area contributed by atoms with E-state index in [2.05, 4.69) is 33.9 Å². The van der Waals surface area contributed by atoms with Crippen molar-refractivity contribution in [3.63, 3.8) is 0 Å². The van der Waals surface area contributed by atoms with Crippen LogP contribution in [-0.4, -0.2) is 39.5 Å². The van der Waals surface area contributed by atoms with Crippen LogP contribution in [0.3, 0.4) is 0 Å². The van der Waals surface area contributed by atoms with Crippen LogP contribution in [0.15, 0.2) is 53.4 Å². The molecule has 0 radical (unpaired) electrons. The lowest BCUT2D eigenvalue weighted by Gasteiger charge is -2.26. The first kappa shape index (κ1) is 20.3. The highest BCUT2D eigenvalue weighted by atomic mass is 35.5. The molecule has 1 fully saturated rings. The monoisotopic (exact) mass is 406 g/mol. The highest BCUT2D eigenvalue weighted by molar-refractivity contribution is 7.89. The molecule has 0 bridgehead atoms. The Bertz CT molecular complexity index is 814. The number of hydrogen-bond acceptors (Lipinski definition) is 3. The molecular formula is C21H27ClN2O2S. The topological polar surface area (TPSA) is 49.4 Å². The number of nitrogens with one attached hydrogen (secondary N) is 1. The first-order chi connectivity index (χ1) is 13.0. The third kappa shape index (κ3) is 6.32. The highest BCUT2D eigenvalue weighted by Crippen LogP contribution is 2.14. The van der Waals surface area contributed by atoms with Gasteiger partial charge in [-0.15, -0.1) is 0 Å². The molecule has 6 heteroatoms. The van der Waals surface area contributed by atoms with Gasteiger partial charge in [-0.3, -0.25) is 0 Å². The summed E-state index contributed by atoms with van der Waals surface area (Å²) >= 11 is 5.81. The summed E-state index contributed by atoms with van der Waals surface area (Å²) in [4.78, 5) is 2.78. The van der Waals surface area contributed by atoms with Crippen molar-refractivity contribution < 1.29 is 8.42 Å². The molecule has 0 spiro atoms. The largest absolute Gasteiger partial charge is 0.303 e. The van der Waals surface area contributed by atoms with Gasteiger partial charge in [-0.05, 0) is 74.2 Å². The van der Waals surface area contributed by atoms with Gasteiger partial charge < -0.3 is 4.90 Å². The average Bonchev–Trinajstić information content (AvgIpc) is 2.68. The molecule has 1 aliphatic rings. The molecule has 0 aromatic heterocycles. The van der Waals surface area contributed by atoms with Crippen LogP contribution in [0.2, 0.25) is 5.02 Å². The van der Waals surface area contributed by atoms with Gasteiger partial charge in [0, 0.05) is 18.1 Å². The molecule has 3 rings (SSSR count). The fourth-order valence-electron chi connectivity index (χ4n) is 3.37. The number of piperidine rings is 1. The van der Waals surface area contributed by atoms with Crippen molar-refractivity contribution >= 4 is 21.6 Å². The molecule has 0 unspecified atom stereocenters. The summed E-state index contributed by atoms with van der Waals surface area (Å²) in [6.07, 6.45) is 5.76. The van der Waals surface area contributed by atoms with E-state index in [1.807, 2.05) is 0 Å². The number of hydrogen-bond donors (Lipinski definition) is 1. The van der Waals surface area contributed by atoms with E-state index in [0.717, 1.165) is 18.5 Å². The number of sulfonamides is 1. The number of likely N-dealkylation sites (tertiary alicyclic amines) is 1. The van der Waals surface area contributed by atoms with Crippen LogP contribution >= 0.6 is 11.6 Å². The van der Waals surface area contributed by atoms with Crippen molar-refractivity contribution in [3.05, 3.63) is 64.7 Å². The smallest absolute Gasteiger partial charge is 0.240 e. The second-order valence-corrected chi connectivity index (χ2v) is 9.27. The van der Waals surface area contributed by atoms with Crippen molar-refractivity contribution in [1.29, 1.82) is 0 Å². The summed E-state index contributed by atoms with van der Waals surface area (Å²) in [5, 5.41) is 0.523. The van der Waals surface area contributed by atoms with Crippen LogP contribution in [0.25, 0.3) is 0 Å². The molecule has 146 valence electrons. The van der Waals surface area contributed by atoms with Gasteiger partial charge in [-0.1, -0.05) is 42.3 Å². The maximum absolute atomic E-state index is 12.3. The van der Waals surface area contributed by atoms with Crippen molar-refractivity contribution in [1.82, 2.24) is 9.62 Å². The Hall–Kier alpha value is -1.40. The molecule has 0 aliphatic carbocycles. The van der Waals surface area contributed by atoms with Crippen LogP contribution in [0.4, 0.5) is 0 Å². The van der Waals surface area contributed by atoms with Crippen LogP contribution in [0, 0.1) is 0 Å². The summed E-state index contributed by atoms with van der Waals surface area (Å²) in [6, 6.07) is 14.7. The van der Waals surface area contributed by atoms with Crippen molar-refractivity contribution in [3.8, 4) is 0 Å². The highest BCUT2D eigenvalue weighted by Gasteiger charge is 2.13. The van der Waals surface area contributed by atoms with E-state index in [-0.39, 0.29) is 4.90 Å². The summed E-state index contributed by atoms with van der Waals surface area (Å²) in [5.41, 5.74) is 2.47. The SMILES string of the molecule is O=S(=O)(NCCc1ccc(CCN2CCCCC2)cc1)c1ccc(Cl)cc1. The van der Waals surface area contributed by atoms with Gasteiger partial charge in [0.1, 0.15) is 0 Å². The maximum atomic E-state index is 12.3. The van der Waals surface area contributed by atoms with Crippen molar-refractivity contribution in [2.24, 2.45) is 0 Å². The number of rotatable bonds is 8. The molecule has 0 amide bonds. The average molecular weight is 407 g/mol. The second kappa shape index (κ2) is 9.69. The Balaban J connectivity index is 1.45. The van der Waals surface area contributed by atoms with Gasteiger partial charge in [0.15, 0.2) is 0 Å². The zero-order valence-electron chi connectivity index (χ0n) is 15.5. The fourth-order valence-corrected chi connectivity index (χ4v) is 4.53.